The number of hydrogen-bond donors (Lipinski definition) is 4. The normalized spacial score (nSPS) is 16.9. The molecule has 0 radical (unpaired) electrons. The van der Waals surface area contributed by atoms with Gasteiger partial charge in [0.2, 0.25) is 11.2 Å². The van der Waals surface area contributed by atoms with Crippen molar-refractivity contribution in [2.24, 2.45) is 0 Å². The number of nitrogens with one attached hydrogen (secondary N) is 3. The topological polar surface area (TPSA) is 205 Å². The fraction of sp³-hybridized carbons (Fsp3) is 0.565. The maximum atomic E-state index is 12.3. The summed E-state index contributed by atoms with van der Waals surface area (Å²) in [5, 5.41) is 10.4. The molecule has 4 aromatic heterocycles. The molecule has 0 aromatic carbocycles. The van der Waals surface area contributed by atoms with E-state index in [9.17, 15) is 9.59 Å². The summed E-state index contributed by atoms with van der Waals surface area (Å²) in [5.41, 5.74) is 6.17. The van der Waals surface area contributed by atoms with Crippen LogP contribution in [0.5, 0.6) is 0 Å². The number of pyridine rings is 2. The smallest absolute Gasteiger partial charge is 0.410 e. The first kappa shape index (κ1) is 51.4. The van der Waals surface area contributed by atoms with Gasteiger partial charge in [0.05, 0.1) is 32.7 Å². The Morgan fingerprint density at radius 3 is 1.51 bits per heavy atom. The number of carbonyl (C=O) groups excluding carboxylic acids is 2. The lowest BCUT2D eigenvalue weighted by atomic mass is 10.2. The van der Waals surface area contributed by atoms with Crippen LogP contribution in [0.15, 0.2) is 58.0 Å². The van der Waals surface area contributed by atoms with E-state index in [1.807, 2.05) is 65.8 Å². The van der Waals surface area contributed by atoms with Crippen molar-refractivity contribution in [3.8, 4) is 0 Å². The predicted octanol–water partition coefficient (Wildman–Crippen LogP) is 9.76. The number of rotatable bonds is 8. The standard InChI is InChI=1S/C23H32BrN7O2.C14H22N4O2.C9H11BrClN3/c1-23(2,3)33-22(32)31-12-10-30(11-13-31)19-9-8-17(14-25-19)28-21-26-15-18(24)20(29-21)27-16-6-4-5-7-16;1-14(2,3)20-13(19)18-8-6-17(7-9-18)12-5-4-11(15)10-16-12;10-7-5-12-9(11)14-8(7)13-6-3-1-2-4-6/h8-9,14-16H,4-7,10-13H2,1-3H3,(H2,26,27,28,29);4-5,10H,6-9,15H2,1-3H3;5-6H,1-4H2,(H,12,13,14). The molecule has 4 aliphatic rings. The predicted molar refractivity (Wildman–Crippen MR) is 272 cm³/mol. The molecule has 18 nitrogen and oxygen atoms in total. The zero-order chi connectivity index (χ0) is 48.1. The molecule has 8 rings (SSSR count). The van der Waals surface area contributed by atoms with Gasteiger partial charge in [-0.1, -0.05) is 25.7 Å². The van der Waals surface area contributed by atoms with Crippen LogP contribution in [0.25, 0.3) is 0 Å². The van der Waals surface area contributed by atoms with Crippen LogP contribution in [-0.2, 0) is 9.47 Å². The number of piperazine rings is 2. The number of anilines is 7. The van der Waals surface area contributed by atoms with E-state index in [0.29, 0.717) is 63.0 Å². The van der Waals surface area contributed by atoms with Gasteiger partial charge in [0.1, 0.15) is 34.5 Å². The number of carbonyl (C=O) groups is 2. The first-order chi connectivity index (χ1) is 31.9. The minimum atomic E-state index is -0.482. The van der Waals surface area contributed by atoms with Gasteiger partial charge in [-0.2, -0.15) is 9.97 Å². The maximum absolute atomic E-state index is 12.3. The monoisotopic (exact) mass is 1070 g/mol. The van der Waals surface area contributed by atoms with Gasteiger partial charge in [0.15, 0.2) is 0 Å². The molecule has 364 valence electrons. The van der Waals surface area contributed by atoms with Gasteiger partial charge in [-0.25, -0.2) is 29.5 Å². The lowest BCUT2D eigenvalue weighted by Gasteiger charge is -2.36. The Bertz CT molecular complexity index is 2200. The van der Waals surface area contributed by atoms with E-state index in [0.717, 1.165) is 51.0 Å². The molecule has 4 aromatic rings. The fourth-order valence-corrected chi connectivity index (χ4v) is 8.50. The quantitative estimate of drug-likeness (QED) is 0.121. The summed E-state index contributed by atoms with van der Waals surface area (Å²) >= 11 is 12.6. The highest BCUT2D eigenvalue weighted by Gasteiger charge is 2.28. The molecule has 2 aliphatic carbocycles. The van der Waals surface area contributed by atoms with Gasteiger partial charge < -0.3 is 50.8 Å². The minimum absolute atomic E-state index is 0.248. The average Bonchev–Trinajstić information content (AvgIpc) is 4.01. The molecule has 2 amide bonds. The lowest BCUT2D eigenvalue weighted by Crippen LogP contribution is -2.50. The van der Waals surface area contributed by atoms with Crippen LogP contribution in [0.1, 0.15) is 92.9 Å². The van der Waals surface area contributed by atoms with Crippen molar-refractivity contribution in [2.45, 2.75) is 116 Å². The average molecular weight is 1070 g/mol. The molecule has 5 N–H and O–H groups in total. The third-order valence-electron chi connectivity index (χ3n) is 11.1. The van der Waals surface area contributed by atoms with Gasteiger partial charge >= 0.3 is 12.2 Å². The molecule has 0 unspecified atom stereocenters. The van der Waals surface area contributed by atoms with Crippen molar-refractivity contribution in [2.75, 3.05) is 83.8 Å². The summed E-state index contributed by atoms with van der Waals surface area (Å²) in [6, 6.07) is 8.69. The lowest BCUT2D eigenvalue weighted by molar-refractivity contribution is 0.0230. The van der Waals surface area contributed by atoms with Crippen molar-refractivity contribution in [1.82, 2.24) is 39.7 Å². The Hall–Kier alpha value is -4.95. The van der Waals surface area contributed by atoms with Crippen molar-refractivity contribution >= 4 is 96.2 Å². The summed E-state index contributed by atoms with van der Waals surface area (Å²) in [4.78, 5) is 57.9. The Morgan fingerprint density at radius 2 is 1.07 bits per heavy atom. The van der Waals surface area contributed by atoms with E-state index in [1.165, 1.54) is 51.4 Å². The van der Waals surface area contributed by atoms with Crippen LogP contribution in [0, 0.1) is 0 Å². The van der Waals surface area contributed by atoms with Crippen molar-refractivity contribution in [3.63, 3.8) is 0 Å². The van der Waals surface area contributed by atoms with Crippen LogP contribution in [0.4, 0.5) is 50.2 Å². The number of ether oxygens (including phenoxy) is 2. The number of nitrogen functional groups attached to an aromatic ring is 1. The van der Waals surface area contributed by atoms with Crippen LogP contribution in [-0.4, -0.2) is 128 Å². The maximum Gasteiger partial charge on any atom is 0.410 e. The van der Waals surface area contributed by atoms with Crippen molar-refractivity contribution < 1.29 is 19.1 Å². The molecule has 0 atom stereocenters. The third-order valence-corrected chi connectivity index (χ3v) is 12.5. The first-order valence-electron chi connectivity index (χ1n) is 23.0. The number of nitrogens with two attached hydrogens (primary N) is 1. The number of aromatic nitrogens is 6. The second-order valence-electron chi connectivity index (χ2n) is 18.9. The molecule has 0 spiro atoms. The second kappa shape index (κ2) is 23.9. The third kappa shape index (κ3) is 16.7. The molecule has 6 heterocycles. The van der Waals surface area contributed by atoms with E-state index < -0.39 is 11.2 Å². The number of hydrogen-bond acceptors (Lipinski definition) is 16. The highest BCUT2D eigenvalue weighted by Crippen LogP contribution is 2.29. The summed E-state index contributed by atoms with van der Waals surface area (Å²) in [5.74, 6) is 3.91. The summed E-state index contributed by atoms with van der Waals surface area (Å²) in [6.07, 6.45) is 16.3. The molecule has 2 saturated heterocycles. The van der Waals surface area contributed by atoms with Crippen molar-refractivity contribution in [1.29, 1.82) is 0 Å². The van der Waals surface area contributed by atoms with E-state index in [2.05, 4.69) is 87.5 Å². The van der Waals surface area contributed by atoms with E-state index in [4.69, 9.17) is 26.8 Å². The number of amides is 2. The number of halogens is 3. The Balaban J connectivity index is 0.000000184. The number of nitrogens with zero attached hydrogens (tertiary/aromatic N) is 10. The molecular formula is C46H65Br2ClN14O4. The molecule has 0 bridgehead atoms. The molecule has 67 heavy (non-hydrogen) atoms. The summed E-state index contributed by atoms with van der Waals surface area (Å²) in [6.45, 7) is 16.7. The molecule has 2 aliphatic heterocycles. The SMILES string of the molecule is CC(C)(C)OC(=O)N1CCN(c2ccc(N)cn2)CC1.CC(C)(C)OC(=O)N1CCN(c2ccc(Nc3ncc(Br)c(NC4CCCC4)n3)cn2)CC1.Clc1ncc(Br)c(NC2CCCC2)n1. The Morgan fingerprint density at radius 1 is 0.627 bits per heavy atom. The fourth-order valence-electron chi connectivity index (χ4n) is 7.75. The van der Waals surface area contributed by atoms with Gasteiger partial charge in [-0.3, -0.25) is 0 Å². The Kier molecular flexibility index (Phi) is 18.3. The van der Waals surface area contributed by atoms with Gasteiger partial charge in [0.25, 0.3) is 0 Å². The highest BCUT2D eigenvalue weighted by molar-refractivity contribution is 9.11. The second-order valence-corrected chi connectivity index (χ2v) is 20.9. The van der Waals surface area contributed by atoms with E-state index in [-0.39, 0.29) is 17.5 Å². The summed E-state index contributed by atoms with van der Waals surface area (Å²) in [7, 11) is 0. The Labute approximate surface area is 416 Å². The minimum Gasteiger partial charge on any atom is -0.444 e. The first-order valence-corrected chi connectivity index (χ1v) is 25.0. The van der Waals surface area contributed by atoms with Crippen LogP contribution >= 0.6 is 43.5 Å². The van der Waals surface area contributed by atoms with Crippen LogP contribution in [0.3, 0.4) is 0 Å². The van der Waals surface area contributed by atoms with Gasteiger partial charge in [0, 0.05) is 76.8 Å². The van der Waals surface area contributed by atoms with Gasteiger partial charge in [-0.15, -0.1) is 0 Å². The summed E-state index contributed by atoms with van der Waals surface area (Å²) < 4.78 is 12.6. The van der Waals surface area contributed by atoms with E-state index in [1.54, 1.807) is 34.6 Å². The zero-order valence-electron chi connectivity index (χ0n) is 39.4. The van der Waals surface area contributed by atoms with Crippen LogP contribution < -0.4 is 31.5 Å². The highest BCUT2D eigenvalue weighted by atomic mass is 79.9. The van der Waals surface area contributed by atoms with Crippen LogP contribution in [0.2, 0.25) is 5.28 Å². The molecule has 21 heteroatoms. The molecule has 2 saturated carbocycles. The largest absolute Gasteiger partial charge is 0.444 e. The van der Waals surface area contributed by atoms with E-state index >= 15 is 0 Å². The zero-order valence-corrected chi connectivity index (χ0v) is 43.3. The van der Waals surface area contributed by atoms with Crippen molar-refractivity contribution in [3.05, 3.63) is 63.3 Å². The molecule has 4 fully saturated rings. The van der Waals surface area contributed by atoms with Gasteiger partial charge in [-0.05, 0) is 135 Å². The molecular weight excluding hydrogens is 1010 g/mol.